The van der Waals surface area contributed by atoms with Gasteiger partial charge in [-0.1, -0.05) is 0 Å². The number of carbonyl (C=O) groups is 1. The lowest BCUT2D eigenvalue weighted by Crippen LogP contribution is -2.53. The second kappa shape index (κ2) is 3.42. The fourth-order valence-corrected chi connectivity index (χ4v) is 2.42. The number of carbonyl (C=O) groups excluding carboxylic acids is 1. The zero-order valence-electron chi connectivity index (χ0n) is 8.53. The molecule has 0 spiro atoms. The van der Waals surface area contributed by atoms with E-state index in [1.165, 1.54) is 0 Å². The molecule has 1 saturated heterocycles. The first kappa shape index (κ1) is 11.3. The van der Waals surface area contributed by atoms with Gasteiger partial charge in [0.15, 0.2) is 9.84 Å². The highest BCUT2D eigenvalue weighted by molar-refractivity contribution is 7.92. The predicted octanol–water partition coefficient (Wildman–Crippen LogP) is 0.308. The molecule has 0 aromatic rings. The molecule has 0 unspecified atom stereocenters. The summed E-state index contributed by atoms with van der Waals surface area (Å²) < 4.78 is 26.5. The first-order valence-corrected chi connectivity index (χ1v) is 6.20. The first-order chi connectivity index (χ1) is 6.18. The van der Waals surface area contributed by atoms with E-state index in [0.29, 0.717) is 0 Å². The molecule has 0 aromatic heterocycles. The van der Waals surface area contributed by atoms with E-state index in [9.17, 15) is 13.2 Å². The van der Waals surface area contributed by atoms with Crippen LogP contribution >= 0.6 is 0 Å². The van der Waals surface area contributed by atoms with Crippen LogP contribution < -0.4 is 5.32 Å². The van der Waals surface area contributed by atoms with Crippen LogP contribution in [0.15, 0.2) is 0 Å². The van der Waals surface area contributed by atoms with Crippen LogP contribution in [0.4, 0.5) is 4.79 Å². The van der Waals surface area contributed by atoms with Gasteiger partial charge < -0.3 is 10.1 Å². The van der Waals surface area contributed by atoms with Crippen LogP contribution in [0.5, 0.6) is 0 Å². The lowest BCUT2D eigenvalue weighted by molar-refractivity contribution is 0.0511. The number of ether oxygens (including phenoxy) is 1. The Kier molecular flexibility index (Phi) is 2.76. The van der Waals surface area contributed by atoms with Gasteiger partial charge in [-0.25, -0.2) is 13.2 Å². The molecule has 0 saturated carbocycles. The van der Waals surface area contributed by atoms with Gasteiger partial charge in [-0.2, -0.15) is 0 Å². The van der Waals surface area contributed by atoms with Gasteiger partial charge in [0.2, 0.25) is 0 Å². The first-order valence-electron chi connectivity index (χ1n) is 4.38. The Labute approximate surface area is 83.7 Å². The molecule has 0 bridgehead atoms. The minimum atomic E-state index is -2.89. The lowest BCUT2D eigenvalue weighted by atomic mass is 10.2. The van der Waals surface area contributed by atoms with Gasteiger partial charge >= 0.3 is 6.09 Å². The summed E-state index contributed by atoms with van der Waals surface area (Å²) in [6, 6.07) is -0.283. The molecule has 1 N–H and O–H groups in total. The quantitative estimate of drug-likeness (QED) is 0.691. The molecule has 0 aromatic carbocycles. The Bertz CT molecular complexity index is 316. The van der Waals surface area contributed by atoms with Crippen LogP contribution in [-0.2, 0) is 14.6 Å². The average Bonchev–Trinajstić information content (AvgIpc) is 1.76. The topological polar surface area (TPSA) is 72.5 Å². The fourth-order valence-electron chi connectivity index (χ4n) is 1.12. The summed E-state index contributed by atoms with van der Waals surface area (Å²) in [5, 5.41) is 2.49. The second-order valence-corrected chi connectivity index (χ2v) is 6.57. The maximum absolute atomic E-state index is 11.1. The van der Waals surface area contributed by atoms with Crippen LogP contribution in [0.3, 0.4) is 0 Å². The molecular weight excluding hydrogens is 206 g/mol. The molecule has 1 aliphatic heterocycles. The fraction of sp³-hybridized carbons (Fsp3) is 0.875. The SMILES string of the molecule is CC(C)(C)OC(=O)NC1CS(=O)(=O)C1. The number of alkyl carbamates (subject to hydrolysis) is 1. The van der Waals surface area contributed by atoms with Crippen molar-refractivity contribution in [3.63, 3.8) is 0 Å². The van der Waals surface area contributed by atoms with Crippen LogP contribution in [-0.4, -0.2) is 37.7 Å². The van der Waals surface area contributed by atoms with Gasteiger partial charge in [-0.15, -0.1) is 0 Å². The highest BCUT2D eigenvalue weighted by atomic mass is 32.2. The van der Waals surface area contributed by atoms with E-state index in [1.807, 2.05) is 0 Å². The summed E-state index contributed by atoms with van der Waals surface area (Å²) in [7, 11) is -2.89. The molecule has 6 heteroatoms. The molecule has 0 aliphatic carbocycles. The van der Waals surface area contributed by atoms with Gasteiger partial charge in [-0.05, 0) is 20.8 Å². The van der Waals surface area contributed by atoms with Crippen molar-refractivity contribution in [3.8, 4) is 0 Å². The van der Waals surface area contributed by atoms with Gasteiger partial charge in [0.25, 0.3) is 0 Å². The van der Waals surface area contributed by atoms with Gasteiger partial charge in [0.1, 0.15) is 5.60 Å². The van der Waals surface area contributed by atoms with E-state index in [-0.39, 0.29) is 17.5 Å². The standard InChI is InChI=1S/C8H15NO4S/c1-8(2,3)13-7(10)9-6-4-14(11,12)5-6/h6H,4-5H2,1-3H3,(H,9,10). The molecule has 1 rings (SSSR count). The summed E-state index contributed by atoms with van der Waals surface area (Å²) in [6.45, 7) is 5.26. The smallest absolute Gasteiger partial charge is 0.407 e. The summed E-state index contributed by atoms with van der Waals surface area (Å²) in [5.41, 5.74) is -0.549. The Balaban J connectivity index is 2.30. The number of rotatable bonds is 1. The van der Waals surface area contributed by atoms with Crippen molar-refractivity contribution >= 4 is 15.9 Å². The average molecular weight is 221 g/mol. The van der Waals surface area contributed by atoms with E-state index < -0.39 is 21.5 Å². The predicted molar refractivity (Wildman–Crippen MR) is 51.8 cm³/mol. The maximum atomic E-state index is 11.1. The molecule has 0 atom stereocenters. The van der Waals surface area contributed by atoms with Gasteiger partial charge in [0, 0.05) is 0 Å². The molecule has 1 heterocycles. The van der Waals surface area contributed by atoms with Crippen LogP contribution in [0.25, 0.3) is 0 Å². The molecule has 5 nitrogen and oxygen atoms in total. The molecule has 82 valence electrons. The molecule has 1 aliphatic rings. The van der Waals surface area contributed by atoms with Crippen LogP contribution in [0.2, 0.25) is 0 Å². The van der Waals surface area contributed by atoms with E-state index in [0.717, 1.165) is 0 Å². The number of amides is 1. The molecule has 0 radical (unpaired) electrons. The highest BCUT2D eigenvalue weighted by Crippen LogP contribution is 2.12. The molecule has 14 heavy (non-hydrogen) atoms. The second-order valence-electron chi connectivity index (χ2n) is 4.42. The van der Waals surface area contributed by atoms with Crippen molar-refractivity contribution in [2.45, 2.75) is 32.4 Å². The van der Waals surface area contributed by atoms with Crippen molar-refractivity contribution in [1.29, 1.82) is 0 Å². The third kappa shape index (κ3) is 3.53. The van der Waals surface area contributed by atoms with Crippen molar-refractivity contribution in [1.82, 2.24) is 5.32 Å². The van der Waals surface area contributed by atoms with E-state index in [2.05, 4.69) is 5.32 Å². The van der Waals surface area contributed by atoms with Crippen molar-refractivity contribution < 1.29 is 17.9 Å². The normalized spacial score (nSPS) is 21.1. The summed E-state index contributed by atoms with van der Waals surface area (Å²) in [5.74, 6) is 0.0402. The van der Waals surface area contributed by atoms with E-state index in [1.54, 1.807) is 20.8 Å². The largest absolute Gasteiger partial charge is 0.444 e. The maximum Gasteiger partial charge on any atom is 0.407 e. The number of hydrogen-bond donors (Lipinski definition) is 1. The monoisotopic (exact) mass is 221 g/mol. The lowest BCUT2D eigenvalue weighted by Gasteiger charge is -2.28. The minimum absolute atomic E-state index is 0.0201. The van der Waals surface area contributed by atoms with Crippen molar-refractivity contribution in [3.05, 3.63) is 0 Å². The van der Waals surface area contributed by atoms with Crippen LogP contribution in [0.1, 0.15) is 20.8 Å². The zero-order chi connectivity index (χ0) is 11.0. The Hall–Kier alpha value is -0.780. The van der Waals surface area contributed by atoms with E-state index >= 15 is 0 Å². The molecule has 1 fully saturated rings. The Morgan fingerprint density at radius 1 is 1.36 bits per heavy atom. The summed E-state index contributed by atoms with van der Waals surface area (Å²) in [6.07, 6.45) is -0.558. The van der Waals surface area contributed by atoms with Gasteiger partial charge in [-0.3, -0.25) is 0 Å². The minimum Gasteiger partial charge on any atom is -0.444 e. The highest BCUT2D eigenvalue weighted by Gasteiger charge is 2.35. The molecule has 1 amide bonds. The molecular formula is C8H15NO4S. The van der Waals surface area contributed by atoms with Gasteiger partial charge in [0.05, 0.1) is 17.5 Å². The summed E-state index contributed by atoms with van der Waals surface area (Å²) in [4.78, 5) is 11.1. The van der Waals surface area contributed by atoms with Crippen molar-refractivity contribution in [2.75, 3.05) is 11.5 Å². The third-order valence-electron chi connectivity index (χ3n) is 1.63. The number of hydrogen-bond acceptors (Lipinski definition) is 4. The number of sulfone groups is 1. The Morgan fingerprint density at radius 2 is 1.86 bits per heavy atom. The summed E-state index contributed by atoms with van der Waals surface area (Å²) >= 11 is 0. The number of nitrogens with one attached hydrogen (secondary N) is 1. The third-order valence-corrected chi connectivity index (χ3v) is 3.45. The van der Waals surface area contributed by atoms with E-state index in [4.69, 9.17) is 4.74 Å². The van der Waals surface area contributed by atoms with Crippen LogP contribution in [0, 0.1) is 0 Å². The Morgan fingerprint density at radius 3 is 2.21 bits per heavy atom. The zero-order valence-corrected chi connectivity index (χ0v) is 9.35. The van der Waals surface area contributed by atoms with Crippen molar-refractivity contribution in [2.24, 2.45) is 0 Å².